The minimum absolute atomic E-state index is 0.194. The van der Waals surface area contributed by atoms with Crippen molar-refractivity contribution in [3.05, 3.63) is 28.8 Å². The molecule has 0 radical (unpaired) electrons. The maximum atomic E-state index is 11.9. The van der Waals surface area contributed by atoms with E-state index in [4.69, 9.17) is 24.7 Å². The molecule has 1 rings (SSSR count). The topological polar surface area (TPSA) is 56.8 Å². The van der Waals surface area contributed by atoms with Crippen LogP contribution in [0.2, 0.25) is 5.02 Å². The molecule has 0 unspecified atom stereocenters. The van der Waals surface area contributed by atoms with Gasteiger partial charge in [-0.3, -0.25) is 8.37 Å². The van der Waals surface area contributed by atoms with Crippen molar-refractivity contribution < 1.29 is 17.9 Å². The number of nitrogens with one attached hydrogen (secondary N) is 1. The number of anilines is 1. The molecule has 0 atom stereocenters. The molecule has 0 aliphatic heterocycles. The normalized spacial score (nSPS) is 10.8. The van der Waals surface area contributed by atoms with Crippen LogP contribution in [-0.4, -0.2) is 25.4 Å². The number of esters is 1. The van der Waals surface area contributed by atoms with E-state index in [0.717, 1.165) is 25.2 Å². The Labute approximate surface area is 141 Å². The molecule has 0 saturated heterocycles. The molecule has 0 aliphatic carbocycles. The minimum Gasteiger partial charge on any atom is -0.459 e. The van der Waals surface area contributed by atoms with Crippen LogP contribution in [0.5, 0.6) is 0 Å². The minimum atomic E-state index is -0.443. The van der Waals surface area contributed by atoms with E-state index < -0.39 is 5.97 Å². The second-order valence-corrected chi connectivity index (χ2v) is 5.85. The lowest BCUT2D eigenvalue weighted by atomic mass is 10.2. The van der Waals surface area contributed by atoms with Gasteiger partial charge in [-0.25, -0.2) is 4.79 Å². The first-order valence-electron chi connectivity index (χ1n) is 7.20. The van der Waals surface area contributed by atoms with Gasteiger partial charge in [0.2, 0.25) is 0 Å². The van der Waals surface area contributed by atoms with Crippen molar-refractivity contribution in [2.75, 3.05) is 18.7 Å². The molecule has 1 N–H and O–H groups in total. The molecule has 0 aliphatic rings. The number of carbonyl (C=O) groups excluding carboxylic acids is 1. The summed E-state index contributed by atoms with van der Waals surface area (Å²) >= 11 is 6.98. The lowest BCUT2D eigenvalue weighted by molar-refractivity contribution is 0.0378. The summed E-state index contributed by atoms with van der Waals surface area (Å²) in [6.45, 7) is 6.58. The van der Waals surface area contributed by atoms with Crippen LogP contribution in [0.25, 0.3) is 0 Å². The zero-order valence-corrected chi connectivity index (χ0v) is 14.6. The number of unbranched alkanes of at least 4 members (excludes halogenated alkanes) is 1. The number of rotatable bonds is 10. The molecule has 1 aromatic rings. The summed E-state index contributed by atoms with van der Waals surface area (Å²) in [5.74, 6) is -0.443. The van der Waals surface area contributed by atoms with E-state index in [2.05, 4.69) is 12.2 Å². The van der Waals surface area contributed by atoms with Crippen LogP contribution in [-0.2, 0) is 13.1 Å². The molecular formula is C15H22ClNO4S. The van der Waals surface area contributed by atoms with Crippen LogP contribution in [0.4, 0.5) is 5.69 Å². The van der Waals surface area contributed by atoms with Crippen molar-refractivity contribution in [1.29, 1.82) is 0 Å². The fourth-order valence-electron chi connectivity index (χ4n) is 1.48. The van der Waals surface area contributed by atoms with Gasteiger partial charge in [0, 0.05) is 5.69 Å². The lowest BCUT2D eigenvalue weighted by Gasteiger charge is -2.11. The molecule has 0 aromatic heterocycles. The highest BCUT2D eigenvalue weighted by molar-refractivity contribution is 7.89. The predicted octanol–water partition coefficient (Wildman–Crippen LogP) is 4.67. The van der Waals surface area contributed by atoms with Crippen molar-refractivity contribution in [3.8, 4) is 0 Å². The Kier molecular flexibility index (Phi) is 9.31. The first kappa shape index (κ1) is 19.1. The van der Waals surface area contributed by atoms with Crippen LogP contribution < -0.4 is 5.32 Å². The van der Waals surface area contributed by atoms with Gasteiger partial charge in [0.1, 0.15) is 6.73 Å². The summed E-state index contributed by atoms with van der Waals surface area (Å²) in [6.07, 6.45) is 1.89. The maximum absolute atomic E-state index is 11.9. The average Bonchev–Trinajstić information content (AvgIpc) is 2.47. The zero-order valence-electron chi connectivity index (χ0n) is 13.1. The number of ether oxygens (including phenoxy) is 1. The predicted molar refractivity (Wildman–Crippen MR) is 90.0 cm³/mol. The van der Waals surface area contributed by atoms with Crippen molar-refractivity contribution >= 4 is 35.6 Å². The molecule has 1 aromatic carbocycles. The molecule has 0 saturated carbocycles. The number of hydrogen-bond acceptors (Lipinski definition) is 6. The quantitative estimate of drug-likeness (QED) is 0.287. The van der Waals surface area contributed by atoms with Crippen LogP contribution >= 0.6 is 23.9 Å². The molecule has 5 nitrogen and oxygen atoms in total. The summed E-state index contributed by atoms with van der Waals surface area (Å²) < 4.78 is 15.6. The third-order valence-electron chi connectivity index (χ3n) is 2.54. The van der Waals surface area contributed by atoms with E-state index in [0.29, 0.717) is 22.9 Å². The molecule has 124 valence electrons. The average molecular weight is 348 g/mol. The van der Waals surface area contributed by atoms with Gasteiger partial charge < -0.3 is 10.1 Å². The zero-order chi connectivity index (χ0) is 16.4. The summed E-state index contributed by atoms with van der Waals surface area (Å²) in [5, 5.41) is 3.38. The molecule has 0 fully saturated rings. The largest absolute Gasteiger partial charge is 0.459 e. The van der Waals surface area contributed by atoms with Crippen LogP contribution in [0.1, 0.15) is 44.0 Å². The van der Waals surface area contributed by atoms with Gasteiger partial charge in [0.15, 0.2) is 12.3 Å². The lowest BCUT2D eigenvalue weighted by Crippen LogP contribution is -2.12. The van der Waals surface area contributed by atoms with Gasteiger partial charge in [-0.2, -0.15) is 0 Å². The SMILES string of the molecule is CCCCOSOCNc1ccc(Cl)c(C(=O)OC(C)C)c1. The van der Waals surface area contributed by atoms with Gasteiger partial charge in [-0.1, -0.05) is 24.9 Å². The standard InChI is InChI=1S/C15H22ClNO4S/c1-4-5-8-19-22-20-10-17-12-6-7-14(16)13(9-12)15(18)21-11(2)3/h6-7,9,11,17H,4-5,8,10H2,1-3H3. The molecule has 22 heavy (non-hydrogen) atoms. The molecule has 0 spiro atoms. The van der Waals surface area contributed by atoms with Crippen LogP contribution in [0, 0.1) is 0 Å². The van der Waals surface area contributed by atoms with E-state index in [9.17, 15) is 4.79 Å². The number of benzene rings is 1. The molecule has 0 amide bonds. The monoisotopic (exact) mass is 347 g/mol. The van der Waals surface area contributed by atoms with Crippen molar-refractivity contribution in [2.24, 2.45) is 0 Å². The molecular weight excluding hydrogens is 326 g/mol. The van der Waals surface area contributed by atoms with E-state index in [-0.39, 0.29) is 12.8 Å². The third-order valence-corrected chi connectivity index (χ3v) is 3.35. The Morgan fingerprint density at radius 1 is 1.36 bits per heavy atom. The van der Waals surface area contributed by atoms with Gasteiger partial charge >= 0.3 is 5.97 Å². The third kappa shape index (κ3) is 7.35. The second kappa shape index (κ2) is 10.7. The van der Waals surface area contributed by atoms with Gasteiger partial charge in [0.05, 0.1) is 23.3 Å². The van der Waals surface area contributed by atoms with Gasteiger partial charge in [0.25, 0.3) is 0 Å². The van der Waals surface area contributed by atoms with Crippen molar-refractivity contribution in [2.45, 2.75) is 39.7 Å². The fraction of sp³-hybridized carbons (Fsp3) is 0.533. The summed E-state index contributed by atoms with van der Waals surface area (Å²) in [6, 6.07) is 5.05. The summed E-state index contributed by atoms with van der Waals surface area (Å²) in [4.78, 5) is 11.9. The highest BCUT2D eigenvalue weighted by atomic mass is 35.5. The number of hydrogen-bond donors (Lipinski definition) is 1. The fourth-order valence-corrected chi connectivity index (χ4v) is 2.03. The first-order chi connectivity index (χ1) is 10.5. The van der Waals surface area contributed by atoms with Gasteiger partial charge in [-0.15, -0.1) is 0 Å². The molecule has 0 bridgehead atoms. The summed E-state index contributed by atoms with van der Waals surface area (Å²) in [7, 11) is 0. The van der Waals surface area contributed by atoms with E-state index in [1.807, 2.05) is 0 Å². The van der Waals surface area contributed by atoms with E-state index in [1.165, 1.54) is 0 Å². The van der Waals surface area contributed by atoms with Crippen LogP contribution in [0.15, 0.2) is 18.2 Å². The maximum Gasteiger partial charge on any atom is 0.339 e. The Morgan fingerprint density at radius 2 is 2.14 bits per heavy atom. The first-order valence-corrected chi connectivity index (χ1v) is 8.24. The van der Waals surface area contributed by atoms with Crippen LogP contribution in [0.3, 0.4) is 0 Å². The Morgan fingerprint density at radius 3 is 2.82 bits per heavy atom. The smallest absolute Gasteiger partial charge is 0.339 e. The Hall–Kier alpha value is -0.950. The van der Waals surface area contributed by atoms with Gasteiger partial charge in [-0.05, 0) is 38.5 Å². The highest BCUT2D eigenvalue weighted by Crippen LogP contribution is 2.22. The van der Waals surface area contributed by atoms with Crippen molar-refractivity contribution in [1.82, 2.24) is 0 Å². The number of carbonyl (C=O) groups is 1. The second-order valence-electron chi connectivity index (χ2n) is 4.83. The Bertz CT molecular complexity index is 471. The van der Waals surface area contributed by atoms with E-state index in [1.54, 1.807) is 32.0 Å². The number of halogens is 1. The molecule has 7 heteroatoms. The Balaban J connectivity index is 2.43. The molecule has 0 heterocycles. The summed E-state index contributed by atoms with van der Waals surface area (Å²) in [5.41, 5.74) is 1.04. The highest BCUT2D eigenvalue weighted by Gasteiger charge is 2.14. The van der Waals surface area contributed by atoms with Crippen molar-refractivity contribution in [3.63, 3.8) is 0 Å². The van der Waals surface area contributed by atoms with E-state index >= 15 is 0 Å².